The molecule has 0 saturated heterocycles. The number of nitrogens with one attached hydrogen (secondary N) is 2. The van der Waals surface area contributed by atoms with E-state index in [1.165, 1.54) is 36.7 Å². The zero-order valence-corrected chi connectivity index (χ0v) is 18.3. The van der Waals surface area contributed by atoms with Gasteiger partial charge in [0.1, 0.15) is 5.82 Å². The van der Waals surface area contributed by atoms with E-state index in [0.29, 0.717) is 11.0 Å². The summed E-state index contributed by atoms with van der Waals surface area (Å²) in [7, 11) is 1.80. The maximum absolute atomic E-state index is 14.0. The molecule has 2 aromatic rings. The predicted molar refractivity (Wildman–Crippen MR) is 114 cm³/mol. The average Bonchev–Trinajstić information content (AvgIpc) is 3.34. The van der Waals surface area contributed by atoms with Crippen molar-refractivity contribution in [1.82, 2.24) is 25.4 Å². The first-order valence-corrected chi connectivity index (χ1v) is 11.2. The number of rotatable bonds is 8. The van der Waals surface area contributed by atoms with Gasteiger partial charge in [0, 0.05) is 13.1 Å². The number of carbonyl (C=O) groups excluding carboxylic acids is 2. The summed E-state index contributed by atoms with van der Waals surface area (Å²) in [5.74, 6) is -0.249. The highest BCUT2D eigenvalue weighted by molar-refractivity contribution is 7.99. The highest BCUT2D eigenvalue weighted by Crippen LogP contribution is 2.25. The monoisotopic (exact) mass is 433 g/mol. The fourth-order valence-electron chi connectivity index (χ4n) is 3.59. The van der Waals surface area contributed by atoms with Gasteiger partial charge in [0.25, 0.3) is 5.91 Å². The zero-order chi connectivity index (χ0) is 21.7. The fourth-order valence-corrected chi connectivity index (χ4v) is 4.32. The van der Waals surface area contributed by atoms with Crippen molar-refractivity contribution in [3.05, 3.63) is 41.5 Å². The molecule has 7 nitrogen and oxygen atoms in total. The van der Waals surface area contributed by atoms with Gasteiger partial charge in [-0.3, -0.25) is 9.59 Å². The molecular formula is C21H28FN5O2S. The zero-order valence-electron chi connectivity index (χ0n) is 17.5. The molecule has 2 amide bonds. The van der Waals surface area contributed by atoms with Crippen LogP contribution in [0.1, 0.15) is 61.8 Å². The minimum atomic E-state index is -0.569. The minimum absolute atomic E-state index is 0.00661. The summed E-state index contributed by atoms with van der Waals surface area (Å²) >= 11 is 1.31. The number of hydrogen-bond acceptors (Lipinski definition) is 5. The normalized spacial score (nSPS) is 15.4. The third-order valence-electron chi connectivity index (χ3n) is 5.27. The van der Waals surface area contributed by atoms with Crippen molar-refractivity contribution in [2.75, 3.05) is 5.75 Å². The number of carbonyl (C=O) groups is 2. The van der Waals surface area contributed by atoms with Crippen molar-refractivity contribution in [3.63, 3.8) is 0 Å². The smallest absolute Gasteiger partial charge is 0.254 e. The molecule has 1 aromatic carbocycles. The molecular weight excluding hydrogens is 405 g/mol. The third kappa shape index (κ3) is 5.38. The van der Waals surface area contributed by atoms with Crippen LogP contribution in [0.15, 0.2) is 29.4 Å². The number of aromatic nitrogens is 3. The van der Waals surface area contributed by atoms with Crippen LogP contribution in [-0.4, -0.2) is 38.4 Å². The number of hydrogen-bond donors (Lipinski definition) is 2. The SMILES string of the molecule is CC(C)[C@H](NC(=O)c1ccccc1F)c1nnc(SCC(=O)NC2CCCC2)n1C. The molecule has 1 aliphatic carbocycles. The van der Waals surface area contributed by atoms with Crippen molar-refractivity contribution in [2.45, 2.75) is 56.8 Å². The van der Waals surface area contributed by atoms with Crippen LogP contribution in [0, 0.1) is 11.7 Å². The highest BCUT2D eigenvalue weighted by Gasteiger charge is 2.26. The standard InChI is InChI=1S/C21H28FN5O2S/c1-13(2)18(24-20(29)15-10-6-7-11-16(15)22)19-25-26-21(27(19)3)30-12-17(28)23-14-8-4-5-9-14/h6-7,10-11,13-14,18H,4-5,8-9,12H2,1-3H3,(H,23,28)(H,24,29)/t18-/m0/s1. The lowest BCUT2D eigenvalue weighted by Gasteiger charge is -2.22. The second kappa shape index (κ2) is 10.1. The summed E-state index contributed by atoms with van der Waals surface area (Å²) in [5, 5.41) is 14.9. The van der Waals surface area contributed by atoms with E-state index in [2.05, 4.69) is 20.8 Å². The molecule has 1 aliphatic rings. The number of thioether (sulfide) groups is 1. The van der Waals surface area contributed by atoms with Crippen LogP contribution in [0.2, 0.25) is 0 Å². The fraction of sp³-hybridized carbons (Fsp3) is 0.524. The molecule has 1 fully saturated rings. The van der Waals surface area contributed by atoms with E-state index >= 15 is 0 Å². The Morgan fingerprint density at radius 1 is 1.23 bits per heavy atom. The van der Waals surface area contributed by atoms with E-state index in [9.17, 15) is 14.0 Å². The molecule has 0 unspecified atom stereocenters. The Kier molecular flexibility index (Phi) is 7.47. The Hall–Kier alpha value is -2.42. The van der Waals surface area contributed by atoms with Crippen molar-refractivity contribution >= 4 is 23.6 Å². The Morgan fingerprint density at radius 3 is 2.60 bits per heavy atom. The lowest BCUT2D eigenvalue weighted by atomic mass is 10.0. The average molecular weight is 434 g/mol. The summed E-state index contributed by atoms with van der Waals surface area (Å²) in [5.41, 5.74) is -0.0106. The van der Waals surface area contributed by atoms with E-state index < -0.39 is 17.8 Å². The van der Waals surface area contributed by atoms with Gasteiger partial charge in [-0.25, -0.2) is 4.39 Å². The van der Waals surface area contributed by atoms with Crippen LogP contribution >= 0.6 is 11.8 Å². The molecule has 1 atom stereocenters. The Bertz CT molecular complexity index is 895. The first kappa shape index (κ1) is 22.3. The number of halogens is 1. The van der Waals surface area contributed by atoms with Crippen LogP contribution in [0.25, 0.3) is 0 Å². The quantitative estimate of drug-likeness (QED) is 0.624. The minimum Gasteiger partial charge on any atom is -0.353 e. The highest BCUT2D eigenvalue weighted by atomic mass is 32.2. The summed E-state index contributed by atoms with van der Waals surface area (Å²) < 4.78 is 15.7. The molecule has 1 aromatic heterocycles. The Labute approximate surface area is 180 Å². The van der Waals surface area contributed by atoms with Gasteiger partial charge in [-0.05, 0) is 30.9 Å². The first-order chi connectivity index (χ1) is 14.4. The molecule has 162 valence electrons. The van der Waals surface area contributed by atoms with Gasteiger partial charge in [0.05, 0.1) is 17.4 Å². The van der Waals surface area contributed by atoms with Gasteiger partial charge in [-0.2, -0.15) is 0 Å². The summed E-state index contributed by atoms with van der Waals surface area (Å²) in [4.78, 5) is 24.8. The Morgan fingerprint density at radius 2 is 1.93 bits per heavy atom. The van der Waals surface area contributed by atoms with Gasteiger partial charge in [0.15, 0.2) is 11.0 Å². The number of nitrogens with zero attached hydrogens (tertiary/aromatic N) is 3. The molecule has 2 N–H and O–H groups in total. The molecule has 0 radical (unpaired) electrons. The van der Waals surface area contributed by atoms with Gasteiger partial charge in [0.2, 0.25) is 5.91 Å². The van der Waals surface area contributed by atoms with Crippen LogP contribution < -0.4 is 10.6 Å². The summed E-state index contributed by atoms with van der Waals surface area (Å²) in [6.45, 7) is 3.89. The largest absolute Gasteiger partial charge is 0.353 e. The van der Waals surface area contributed by atoms with Gasteiger partial charge >= 0.3 is 0 Å². The lowest BCUT2D eigenvalue weighted by Crippen LogP contribution is -2.34. The number of benzene rings is 1. The summed E-state index contributed by atoms with van der Waals surface area (Å²) in [6.07, 6.45) is 4.42. The van der Waals surface area contributed by atoms with Crippen molar-refractivity contribution in [1.29, 1.82) is 0 Å². The maximum Gasteiger partial charge on any atom is 0.254 e. The van der Waals surface area contributed by atoms with Crippen molar-refractivity contribution in [2.24, 2.45) is 13.0 Å². The van der Waals surface area contributed by atoms with E-state index in [1.54, 1.807) is 23.7 Å². The van der Waals surface area contributed by atoms with E-state index in [0.717, 1.165) is 12.8 Å². The molecule has 0 bridgehead atoms. The second-order valence-corrected chi connectivity index (χ2v) is 8.85. The second-order valence-electron chi connectivity index (χ2n) is 7.91. The molecule has 1 heterocycles. The molecule has 3 rings (SSSR count). The molecule has 0 aliphatic heterocycles. The van der Waals surface area contributed by atoms with Crippen LogP contribution in [0.5, 0.6) is 0 Å². The van der Waals surface area contributed by atoms with E-state index in [-0.39, 0.29) is 29.2 Å². The first-order valence-electron chi connectivity index (χ1n) is 10.2. The third-order valence-corrected chi connectivity index (χ3v) is 6.29. The van der Waals surface area contributed by atoms with E-state index in [1.807, 2.05) is 13.8 Å². The number of amides is 2. The lowest BCUT2D eigenvalue weighted by molar-refractivity contribution is -0.119. The molecule has 0 spiro atoms. The molecule has 30 heavy (non-hydrogen) atoms. The topological polar surface area (TPSA) is 88.9 Å². The van der Waals surface area contributed by atoms with Crippen LogP contribution in [0.4, 0.5) is 4.39 Å². The van der Waals surface area contributed by atoms with E-state index in [4.69, 9.17) is 0 Å². The van der Waals surface area contributed by atoms with Crippen LogP contribution in [-0.2, 0) is 11.8 Å². The van der Waals surface area contributed by atoms with Gasteiger partial charge in [-0.1, -0.05) is 50.6 Å². The van der Waals surface area contributed by atoms with Gasteiger partial charge in [-0.15, -0.1) is 10.2 Å². The van der Waals surface area contributed by atoms with Gasteiger partial charge < -0.3 is 15.2 Å². The predicted octanol–water partition coefficient (Wildman–Crippen LogP) is 3.23. The van der Waals surface area contributed by atoms with Crippen molar-refractivity contribution in [3.8, 4) is 0 Å². The van der Waals surface area contributed by atoms with Crippen molar-refractivity contribution < 1.29 is 14.0 Å². The molecule has 1 saturated carbocycles. The maximum atomic E-state index is 14.0. The Balaban J connectivity index is 1.65. The molecule has 9 heteroatoms. The van der Waals surface area contributed by atoms with Crippen LogP contribution in [0.3, 0.4) is 0 Å². The summed E-state index contributed by atoms with van der Waals surface area (Å²) in [6, 6.07) is 5.70.